The molecule has 1 aromatic rings. The second-order valence-electron chi connectivity index (χ2n) is 4.14. The number of guanidine groups is 1. The quantitative estimate of drug-likeness (QED) is 0.245. The van der Waals surface area contributed by atoms with Crippen molar-refractivity contribution in [1.82, 2.24) is 10.7 Å². The van der Waals surface area contributed by atoms with Crippen molar-refractivity contribution >= 4 is 21.9 Å². The number of nitrogens with two attached hydrogens (primary N) is 1. The number of benzene rings is 1. The summed E-state index contributed by atoms with van der Waals surface area (Å²) in [5.74, 6) is 6.05. The van der Waals surface area contributed by atoms with Crippen molar-refractivity contribution in [1.29, 1.82) is 0 Å². The molecule has 0 saturated heterocycles. The molecule has 0 fully saturated rings. The van der Waals surface area contributed by atoms with Crippen LogP contribution in [0.4, 0.5) is 0 Å². The summed E-state index contributed by atoms with van der Waals surface area (Å²) in [4.78, 5) is 4.34. The van der Waals surface area contributed by atoms with Crippen LogP contribution >= 0.6 is 15.9 Å². The molecule has 1 unspecified atom stereocenters. The molecular weight excluding hydrogens is 308 g/mol. The van der Waals surface area contributed by atoms with E-state index in [0.29, 0.717) is 19.1 Å². The van der Waals surface area contributed by atoms with Crippen LogP contribution in [0.3, 0.4) is 0 Å². The number of rotatable bonds is 6. The zero-order chi connectivity index (χ0) is 14.1. The molecule has 5 nitrogen and oxygen atoms in total. The summed E-state index contributed by atoms with van der Waals surface area (Å²) in [6.07, 6.45) is 0.871. The van der Waals surface area contributed by atoms with E-state index in [9.17, 15) is 0 Å². The Labute approximate surface area is 122 Å². The lowest BCUT2D eigenvalue weighted by Gasteiger charge is -2.17. The van der Waals surface area contributed by atoms with E-state index in [-0.39, 0.29) is 6.04 Å². The van der Waals surface area contributed by atoms with Crippen LogP contribution in [0.25, 0.3) is 0 Å². The smallest absolute Gasteiger partial charge is 0.206 e. The molecule has 0 amide bonds. The number of nitrogens with zero attached hydrogens (tertiary/aromatic N) is 1. The van der Waals surface area contributed by atoms with E-state index in [4.69, 9.17) is 10.6 Å². The zero-order valence-corrected chi connectivity index (χ0v) is 12.9. The predicted octanol–water partition coefficient (Wildman–Crippen LogP) is 1.96. The summed E-state index contributed by atoms with van der Waals surface area (Å²) in [7, 11) is 1.68. The summed E-state index contributed by atoms with van der Waals surface area (Å²) >= 11 is 3.42. The number of hydrogen-bond donors (Lipinski definition) is 3. The van der Waals surface area contributed by atoms with Crippen LogP contribution in [-0.4, -0.2) is 26.2 Å². The van der Waals surface area contributed by atoms with Gasteiger partial charge in [-0.25, -0.2) is 5.84 Å². The summed E-state index contributed by atoms with van der Waals surface area (Å²) in [5.41, 5.74) is 3.75. The van der Waals surface area contributed by atoms with Gasteiger partial charge in [0, 0.05) is 24.7 Å². The van der Waals surface area contributed by atoms with Crippen LogP contribution in [0, 0.1) is 0 Å². The highest BCUT2D eigenvalue weighted by molar-refractivity contribution is 9.10. The molecule has 0 heterocycles. The lowest BCUT2D eigenvalue weighted by atomic mass is 10.1. The highest BCUT2D eigenvalue weighted by Crippen LogP contribution is 2.16. The van der Waals surface area contributed by atoms with Gasteiger partial charge in [0.05, 0.1) is 6.04 Å². The molecule has 0 saturated carbocycles. The number of hydrazine groups is 1. The molecule has 1 atom stereocenters. The average Bonchev–Trinajstić information content (AvgIpc) is 2.42. The molecule has 4 N–H and O–H groups in total. The number of ether oxygens (including phenoxy) is 1. The summed E-state index contributed by atoms with van der Waals surface area (Å²) < 4.78 is 6.04. The van der Waals surface area contributed by atoms with Crippen molar-refractivity contribution < 1.29 is 4.74 Å². The predicted molar refractivity (Wildman–Crippen MR) is 81.8 cm³/mol. The molecule has 1 rings (SSSR count). The summed E-state index contributed by atoms with van der Waals surface area (Å²) in [5, 5.41) is 3.24. The van der Waals surface area contributed by atoms with Gasteiger partial charge >= 0.3 is 0 Å². The van der Waals surface area contributed by atoms with Crippen molar-refractivity contribution in [3.63, 3.8) is 0 Å². The fraction of sp³-hybridized carbons (Fsp3) is 0.462. The van der Waals surface area contributed by atoms with Crippen LogP contribution in [-0.2, 0) is 4.74 Å². The third-order valence-electron chi connectivity index (χ3n) is 2.64. The first-order chi connectivity index (χ1) is 9.17. The first-order valence-electron chi connectivity index (χ1n) is 6.19. The van der Waals surface area contributed by atoms with Gasteiger partial charge in [0.1, 0.15) is 0 Å². The van der Waals surface area contributed by atoms with Gasteiger partial charge in [-0.2, -0.15) is 0 Å². The minimum absolute atomic E-state index is 0.130. The van der Waals surface area contributed by atoms with E-state index < -0.39 is 0 Å². The Kier molecular flexibility index (Phi) is 7.47. The Morgan fingerprint density at radius 2 is 2.11 bits per heavy atom. The van der Waals surface area contributed by atoms with Crippen molar-refractivity contribution in [3.8, 4) is 0 Å². The van der Waals surface area contributed by atoms with E-state index in [0.717, 1.165) is 10.9 Å². The highest BCUT2D eigenvalue weighted by atomic mass is 79.9. The molecule has 19 heavy (non-hydrogen) atoms. The second-order valence-corrected chi connectivity index (χ2v) is 5.05. The van der Waals surface area contributed by atoms with Gasteiger partial charge in [-0.3, -0.25) is 10.4 Å². The van der Waals surface area contributed by atoms with Crippen LogP contribution in [0.15, 0.2) is 33.7 Å². The molecule has 6 heteroatoms. The SMILES string of the molecule is COCCCN=C(NN)NC(C)c1ccc(Br)cc1. The summed E-state index contributed by atoms with van der Waals surface area (Å²) in [6.45, 7) is 3.43. The molecule has 0 spiro atoms. The van der Waals surface area contributed by atoms with Crippen LogP contribution in [0.2, 0.25) is 0 Å². The highest BCUT2D eigenvalue weighted by Gasteiger charge is 2.06. The largest absolute Gasteiger partial charge is 0.385 e. The fourth-order valence-corrected chi connectivity index (χ4v) is 1.84. The number of nitrogens with one attached hydrogen (secondary N) is 2. The van der Waals surface area contributed by atoms with Gasteiger partial charge in [0.25, 0.3) is 0 Å². The van der Waals surface area contributed by atoms with Crippen LogP contribution < -0.4 is 16.6 Å². The first-order valence-corrected chi connectivity index (χ1v) is 6.98. The molecule has 0 aliphatic carbocycles. The maximum Gasteiger partial charge on any atom is 0.206 e. The van der Waals surface area contributed by atoms with Gasteiger partial charge in [-0.15, -0.1) is 0 Å². The normalized spacial score (nSPS) is 13.2. The van der Waals surface area contributed by atoms with Gasteiger partial charge in [0.2, 0.25) is 5.96 Å². The van der Waals surface area contributed by atoms with E-state index in [1.165, 1.54) is 5.56 Å². The Morgan fingerprint density at radius 1 is 1.42 bits per heavy atom. The molecule has 0 aliphatic rings. The Morgan fingerprint density at radius 3 is 2.68 bits per heavy atom. The number of methoxy groups -OCH3 is 1. The van der Waals surface area contributed by atoms with Crippen LogP contribution in [0.5, 0.6) is 0 Å². The fourth-order valence-electron chi connectivity index (χ4n) is 1.57. The Hall–Kier alpha value is -1.11. The van der Waals surface area contributed by atoms with Crippen molar-refractivity contribution in [2.24, 2.45) is 10.8 Å². The Balaban J connectivity index is 2.52. The number of halogens is 1. The third kappa shape index (κ3) is 6.04. The number of aliphatic imine (C=N–C) groups is 1. The number of hydrogen-bond acceptors (Lipinski definition) is 3. The van der Waals surface area contributed by atoms with Gasteiger partial charge in [-0.1, -0.05) is 28.1 Å². The topological polar surface area (TPSA) is 71.7 Å². The lowest BCUT2D eigenvalue weighted by Crippen LogP contribution is -2.42. The van der Waals surface area contributed by atoms with Gasteiger partial charge in [-0.05, 0) is 31.0 Å². The van der Waals surface area contributed by atoms with Crippen molar-refractivity contribution in [3.05, 3.63) is 34.3 Å². The second kappa shape index (κ2) is 8.90. The first kappa shape index (κ1) is 15.9. The maximum atomic E-state index is 5.46. The van der Waals surface area contributed by atoms with E-state index in [1.807, 2.05) is 12.1 Å². The molecule has 0 aliphatic heterocycles. The third-order valence-corrected chi connectivity index (χ3v) is 3.17. The van der Waals surface area contributed by atoms with E-state index >= 15 is 0 Å². The minimum Gasteiger partial charge on any atom is -0.385 e. The molecule has 1 aromatic carbocycles. The summed E-state index contributed by atoms with van der Waals surface area (Å²) in [6, 6.07) is 8.27. The molecule has 0 bridgehead atoms. The van der Waals surface area contributed by atoms with E-state index in [1.54, 1.807) is 7.11 Å². The van der Waals surface area contributed by atoms with Crippen LogP contribution in [0.1, 0.15) is 24.9 Å². The van der Waals surface area contributed by atoms with Gasteiger partial charge in [0.15, 0.2) is 0 Å². The molecule has 0 radical (unpaired) electrons. The monoisotopic (exact) mass is 328 g/mol. The minimum atomic E-state index is 0.130. The molecular formula is C13H21BrN4O. The maximum absolute atomic E-state index is 5.46. The standard InChI is InChI=1S/C13H21BrN4O/c1-10(11-4-6-12(14)7-5-11)17-13(18-15)16-8-3-9-19-2/h4-7,10H,3,8-9,15H2,1-2H3,(H2,16,17,18). The zero-order valence-electron chi connectivity index (χ0n) is 11.3. The lowest BCUT2D eigenvalue weighted by molar-refractivity contribution is 0.197. The molecule has 106 valence electrons. The molecule has 0 aromatic heterocycles. The van der Waals surface area contributed by atoms with E-state index in [2.05, 4.69) is 50.7 Å². The Bertz CT molecular complexity index is 394. The van der Waals surface area contributed by atoms with Crippen molar-refractivity contribution in [2.45, 2.75) is 19.4 Å². The van der Waals surface area contributed by atoms with Gasteiger partial charge < -0.3 is 10.1 Å². The van der Waals surface area contributed by atoms with Crippen molar-refractivity contribution in [2.75, 3.05) is 20.3 Å². The average molecular weight is 329 g/mol.